The molecular formula is C8H15NO2. The number of amides is 1. The van der Waals surface area contributed by atoms with Gasteiger partial charge in [0.25, 0.3) is 5.91 Å². The Morgan fingerprint density at radius 3 is 2.73 bits per heavy atom. The van der Waals surface area contributed by atoms with E-state index in [1.807, 2.05) is 0 Å². The van der Waals surface area contributed by atoms with Gasteiger partial charge in [0.1, 0.15) is 6.10 Å². The maximum atomic E-state index is 11.1. The largest absolute Gasteiger partial charge is 0.383 e. The van der Waals surface area contributed by atoms with Crippen LogP contribution in [-0.2, 0) is 4.79 Å². The highest BCUT2D eigenvalue weighted by molar-refractivity contribution is 5.82. The highest BCUT2D eigenvalue weighted by atomic mass is 16.3. The number of likely N-dealkylation sites (tertiary alicyclic amines) is 1. The van der Waals surface area contributed by atoms with E-state index in [1.165, 1.54) is 0 Å². The van der Waals surface area contributed by atoms with Gasteiger partial charge in [-0.2, -0.15) is 0 Å². The molecule has 1 fully saturated rings. The SMILES string of the molecule is CC(C)CN1CCC(O)C1=O. The van der Waals surface area contributed by atoms with Crippen LogP contribution in [0.25, 0.3) is 0 Å². The Morgan fingerprint density at radius 2 is 2.36 bits per heavy atom. The van der Waals surface area contributed by atoms with Crippen LogP contribution in [0.15, 0.2) is 0 Å². The zero-order valence-electron chi connectivity index (χ0n) is 7.08. The van der Waals surface area contributed by atoms with Crippen LogP contribution < -0.4 is 0 Å². The fraction of sp³-hybridized carbons (Fsp3) is 0.875. The molecule has 1 aliphatic rings. The minimum atomic E-state index is -0.728. The maximum Gasteiger partial charge on any atom is 0.251 e. The first-order valence-corrected chi connectivity index (χ1v) is 4.08. The molecule has 0 aromatic rings. The number of hydrogen-bond donors (Lipinski definition) is 1. The average molecular weight is 157 g/mol. The Kier molecular flexibility index (Phi) is 2.49. The van der Waals surface area contributed by atoms with Crippen LogP contribution in [-0.4, -0.2) is 35.1 Å². The molecule has 64 valence electrons. The molecule has 3 heteroatoms. The summed E-state index contributed by atoms with van der Waals surface area (Å²) in [5.41, 5.74) is 0. The Morgan fingerprint density at radius 1 is 1.73 bits per heavy atom. The molecule has 0 radical (unpaired) electrons. The van der Waals surface area contributed by atoms with E-state index in [-0.39, 0.29) is 5.91 Å². The van der Waals surface area contributed by atoms with Crippen molar-refractivity contribution < 1.29 is 9.90 Å². The summed E-state index contributed by atoms with van der Waals surface area (Å²) < 4.78 is 0. The number of carbonyl (C=O) groups excluding carboxylic acids is 1. The lowest BCUT2D eigenvalue weighted by Crippen LogP contribution is -2.32. The van der Waals surface area contributed by atoms with Gasteiger partial charge in [-0.25, -0.2) is 0 Å². The molecule has 1 unspecified atom stereocenters. The summed E-state index contributed by atoms with van der Waals surface area (Å²) in [4.78, 5) is 12.8. The lowest BCUT2D eigenvalue weighted by molar-refractivity contribution is -0.134. The molecule has 0 aromatic carbocycles. The van der Waals surface area contributed by atoms with E-state index in [0.29, 0.717) is 12.3 Å². The highest BCUT2D eigenvalue weighted by Crippen LogP contribution is 2.12. The van der Waals surface area contributed by atoms with Gasteiger partial charge in [-0.15, -0.1) is 0 Å². The predicted molar refractivity (Wildman–Crippen MR) is 42.0 cm³/mol. The number of nitrogens with zero attached hydrogens (tertiary/aromatic N) is 1. The molecule has 1 amide bonds. The topological polar surface area (TPSA) is 40.5 Å². The summed E-state index contributed by atoms with van der Waals surface area (Å²) in [5.74, 6) is 0.392. The minimum absolute atomic E-state index is 0.0984. The third-order valence-corrected chi connectivity index (χ3v) is 1.85. The van der Waals surface area contributed by atoms with Crippen molar-refractivity contribution in [2.24, 2.45) is 5.92 Å². The van der Waals surface area contributed by atoms with E-state index in [4.69, 9.17) is 5.11 Å². The number of aliphatic hydroxyl groups excluding tert-OH is 1. The van der Waals surface area contributed by atoms with Gasteiger partial charge in [0.15, 0.2) is 0 Å². The fourth-order valence-corrected chi connectivity index (χ4v) is 1.34. The molecule has 1 rings (SSSR count). The second-order valence-electron chi connectivity index (χ2n) is 3.48. The molecule has 3 nitrogen and oxygen atoms in total. The molecular weight excluding hydrogens is 142 g/mol. The van der Waals surface area contributed by atoms with Crippen molar-refractivity contribution in [1.29, 1.82) is 0 Å². The van der Waals surface area contributed by atoms with Crippen LogP contribution in [0.5, 0.6) is 0 Å². The first-order valence-electron chi connectivity index (χ1n) is 4.08. The first kappa shape index (κ1) is 8.53. The van der Waals surface area contributed by atoms with Crippen molar-refractivity contribution in [2.75, 3.05) is 13.1 Å². The maximum absolute atomic E-state index is 11.1. The minimum Gasteiger partial charge on any atom is -0.383 e. The lowest BCUT2D eigenvalue weighted by atomic mass is 10.2. The van der Waals surface area contributed by atoms with Crippen LogP contribution in [0.3, 0.4) is 0 Å². The normalized spacial score (nSPS) is 25.3. The van der Waals surface area contributed by atoms with Crippen molar-refractivity contribution >= 4 is 5.91 Å². The van der Waals surface area contributed by atoms with Crippen LogP contribution in [0, 0.1) is 5.92 Å². The summed E-state index contributed by atoms with van der Waals surface area (Å²) in [6.07, 6.45) is -0.125. The van der Waals surface area contributed by atoms with Gasteiger partial charge >= 0.3 is 0 Å². The Labute approximate surface area is 67.0 Å². The standard InChI is InChI=1S/C8H15NO2/c1-6(2)5-9-4-3-7(10)8(9)11/h6-7,10H,3-5H2,1-2H3. The van der Waals surface area contributed by atoms with Gasteiger partial charge in [0.05, 0.1) is 0 Å². The number of carbonyl (C=O) groups is 1. The molecule has 1 heterocycles. The molecule has 0 aromatic heterocycles. The summed E-state index contributed by atoms with van der Waals surface area (Å²) in [6, 6.07) is 0. The first-order chi connectivity index (χ1) is 5.11. The highest BCUT2D eigenvalue weighted by Gasteiger charge is 2.29. The molecule has 1 N–H and O–H groups in total. The smallest absolute Gasteiger partial charge is 0.251 e. The van der Waals surface area contributed by atoms with Gasteiger partial charge < -0.3 is 10.0 Å². The van der Waals surface area contributed by atoms with Gasteiger partial charge in [0.2, 0.25) is 0 Å². The lowest BCUT2D eigenvalue weighted by Gasteiger charge is -2.17. The van der Waals surface area contributed by atoms with Crippen LogP contribution in [0.2, 0.25) is 0 Å². The molecule has 1 atom stereocenters. The molecule has 1 aliphatic heterocycles. The third-order valence-electron chi connectivity index (χ3n) is 1.85. The number of rotatable bonds is 2. The van der Waals surface area contributed by atoms with E-state index < -0.39 is 6.10 Å². The summed E-state index contributed by atoms with van der Waals surface area (Å²) in [6.45, 7) is 5.63. The second kappa shape index (κ2) is 3.22. The molecule has 0 saturated carbocycles. The van der Waals surface area contributed by atoms with Crippen molar-refractivity contribution in [3.05, 3.63) is 0 Å². The zero-order chi connectivity index (χ0) is 8.43. The molecule has 1 saturated heterocycles. The van der Waals surface area contributed by atoms with Crippen molar-refractivity contribution in [3.8, 4) is 0 Å². The van der Waals surface area contributed by atoms with Gasteiger partial charge in [-0.3, -0.25) is 4.79 Å². The van der Waals surface area contributed by atoms with E-state index in [0.717, 1.165) is 13.1 Å². The molecule has 0 aliphatic carbocycles. The second-order valence-corrected chi connectivity index (χ2v) is 3.48. The summed E-state index contributed by atoms with van der Waals surface area (Å²) in [5, 5.41) is 9.09. The average Bonchev–Trinajstić information content (AvgIpc) is 2.18. The molecule has 0 bridgehead atoms. The van der Waals surface area contributed by atoms with Crippen molar-refractivity contribution in [3.63, 3.8) is 0 Å². The van der Waals surface area contributed by atoms with Crippen LogP contribution in [0.1, 0.15) is 20.3 Å². The Hall–Kier alpha value is -0.570. The number of hydrogen-bond acceptors (Lipinski definition) is 2. The van der Waals surface area contributed by atoms with E-state index in [9.17, 15) is 4.79 Å². The van der Waals surface area contributed by atoms with Gasteiger partial charge in [-0.1, -0.05) is 13.8 Å². The van der Waals surface area contributed by atoms with Gasteiger partial charge in [0, 0.05) is 13.1 Å². The van der Waals surface area contributed by atoms with Crippen molar-refractivity contribution in [1.82, 2.24) is 4.90 Å². The zero-order valence-corrected chi connectivity index (χ0v) is 7.08. The molecule has 11 heavy (non-hydrogen) atoms. The Bertz CT molecular complexity index is 156. The fourth-order valence-electron chi connectivity index (χ4n) is 1.34. The number of aliphatic hydroxyl groups is 1. The van der Waals surface area contributed by atoms with E-state index >= 15 is 0 Å². The van der Waals surface area contributed by atoms with E-state index in [2.05, 4.69) is 13.8 Å². The van der Waals surface area contributed by atoms with E-state index in [1.54, 1.807) is 4.90 Å². The summed E-state index contributed by atoms with van der Waals surface area (Å²) >= 11 is 0. The molecule has 0 spiro atoms. The van der Waals surface area contributed by atoms with Crippen LogP contribution in [0.4, 0.5) is 0 Å². The Balaban J connectivity index is 2.42. The third kappa shape index (κ3) is 1.93. The van der Waals surface area contributed by atoms with Crippen LogP contribution >= 0.6 is 0 Å². The predicted octanol–water partition coefficient (Wildman–Crippen LogP) is 0.236. The van der Waals surface area contributed by atoms with Crippen molar-refractivity contribution in [2.45, 2.75) is 26.4 Å². The summed E-state index contributed by atoms with van der Waals surface area (Å²) in [7, 11) is 0. The quantitative estimate of drug-likeness (QED) is 0.623. The van der Waals surface area contributed by atoms with Gasteiger partial charge in [-0.05, 0) is 12.3 Å². The monoisotopic (exact) mass is 157 g/mol.